The molecule has 1 aromatic rings. The average molecular weight is 254 g/mol. The van der Waals surface area contributed by atoms with Crippen molar-refractivity contribution in [1.82, 2.24) is 5.32 Å². The van der Waals surface area contributed by atoms with E-state index in [2.05, 4.69) is 5.32 Å². The van der Waals surface area contributed by atoms with Crippen LogP contribution in [0.15, 0.2) is 12.1 Å². The first-order chi connectivity index (χ1) is 8.15. The number of carbonyl (C=O) groups excluding carboxylic acids is 2. The second kappa shape index (κ2) is 4.75. The fraction of sp³-hybridized carbons (Fsp3) is 0.333. The zero-order valence-corrected chi connectivity index (χ0v) is 10.1. The Morgan fingerprint density at radius 3 is 2.94 bits per heavy atom. The van der Waals surface area contributed by atoms with Crippen molar-refractivity contribution >= 4 is 23.5 Å². The zero-order chi connectivity index (χ0) is 12.4. The molecule has 0 saturated heterocycles. The van der Waals surface area contributed by atoms with E-state index in [1.807, 2.05) is 0 Å². The van der Waals surface area contributed by atoms with Crippen molar-refractivity contribution < 1.29 is 14.3 Å². The third-order valence-corrected chi connectivity index (χ3v) is 3.10. The first-order valence-corrected chi connectivity index (χ1v) is 5.71. The van der Waals surface area contributed by atoms with Crippen LogP contribution in [0.4, 0.5) is 0 Å². The number of hydrogen-bond donors (Lipinski definition) is 1. The molecular weight excluding hydrogens is 242 g/mol. The summed E-state index contributed by atoms with van der Waals surface area (Å²) in [5.41, 5.74) is 1.50. The number of esters is 1. The molecule has 0 bridgehead atoms. The van der Waals surface area contributed by atoms with Crippen LogP contribution in [-0.4, -0.2) is 25.5 Å². The van der Waals surface area contributed by atoms with E-state index in [-0.39, 0.29) is 5.91 Å². The summed E-state index contributed by atoms with van der Waals surface area (Å²) in [6, 6.07) is 3.16. The van der Waals surface area contributed by atoms with Gasteiger partial charge in [-0.3, -0.25) is 4.79 Å². The van der Waals surface area contributed by atoms with Gasteiger partial charge in [0.2, 0.25) is 0 Å². The van der Waals surface area contributed by atoms with E-state index in [1.54, 1.807) is 12.1 Å². The summed E-state index contributed by atoms with van der Waals surface area (Å²) in [5, 5.41) is 3.12. The minimum atomic E-state index is -0.437. The highest BCUT2D eigenvalue weighted by Crippen LogP contribution is 2.26. The maximum absolute atomic E-state index is 11.8. The summed E-state index contributed by atoms with van der Waals surface area (Å²) in [6.07, 6.45) is 1.42. The van der Waals surface area contributed by atoms with E-state index in [9.17, 15) is 9.59 Å². The molecule has 0 unspecified atom stereocenters. The van der Waals surface area contributed by atoms with E-state index in [0.29, 0.717) is 34.7 Å². The lowest BCUT2D eigenvalue weighted by Crippen LogP contribution is -2.23. The molecule has 0 aliphatic carbocycles. The predicted octanol–water partition coefficient (Wildman–Crippen LogP) is 1.80. The molecule has 17 heavy (non-hydrogen) atoms. The minimum Gasteiger partial charge on any atom is -0.465 e. The lowest BCUT2D eigenvalue weighted by Gasteiger charge is -2.11. The summed E-state index contributed by atoms with van der Waals surface area (Å²) in [5.74, 6) is -0.666. The van der Waals surface area contributed by atoms with Gasteiger partial charge in [0.1, 0.15) is 0 Å². The molecular formula is C12H12ClNO3. The van der Waals surface area contributed by atoms with Gasteiger partial charge in [0.15, 0.2) is 0 Å². The Kier molecular flexibility index (Phi) is 3.33. The van der Waals surface area contributed by atoms with Gasteiger partial charge in [-0.05, 0) is 30.5 Å². The van der Waals surface area contributed by atoms with Crippen molar-refractivity contribution in [3.63, 3.8) is 0 Å². The van der Waals surface area contributed by atoms with Gasteiger partial charge in [0.25, 0.3) is 5.91 Å². The topological polar surface area (TPSA) is 55.4 Å². The number of rotatable bonds is 1. The quantitative estimate of drug-likeness (QED) is 0.777. The van der Waals surface area contributed by atoms with Crippen LogP contribution >= 0.6 is 11.6 Å². The Morgan fingerprint density at radius 1 is 1.47 bits per heavy atom. The SMILES string of the molecule is COC(=O)c1ccc(Cl)c2c1CCCNC2=O. The van der Waals surface area contributed by atoms with Gasteiger partial charge in [-0.1, -0.05) is 11.6 Å². The number of methoxy groups -OCH3 is 1. The molecule has 0 spiro atoms. The van der Waals surface area contributed by atoms with Crippen LogP contribution in [0.3, 0.4) is 0 Å². The Hall–Kier alpha value is -1.55. The van der Waals surface area contributed by atoms with Crippen molar-refractivity contribution in [2.45, 2.75) is 12.8 Å². The van der Waals surface area contributed by atoms with E-state index in [1.165, 1.54) is 7.11 Å². The summed E-state index contributed by atoms with van der Waals surface area (Å²) in [6.45, 7) is 0.588. The smallest absolute Gasteiger partial charge is 0.338 e. The molecule has 0 radical (unpaired) electrons. The van der Waals surface area contributed by atoms with E-state index in [4.69, 9.17) is 16.3 Å². The van der Waals surface area contributed by atoms with Crippen LogP contribution in [0, 0.1) is 0 Å². The number of carbonyl (C=O) groups is 2. The highest BCUT2D eigenvalue weighted by atomic mass is 35.5. The number of fused-ring (bicyclic) bond motifs is 1. The predicted molar refractivity (Wildman–Crippen MR) is 63.4 cm³/mol. The van der Waals surface area contributed by atoms with E-state index < -0.39 is 5.97 Å². The van der Waals surface area contributed by atoms with Crippen LogP contribution in [0.2, 0.25) is 5.02 Å². The molecule has 4 nitrogen and oxygen atoms in total. The van der Waals surface area contributed by atoms with Crippen LogP contribution < -0.4 is 5.32 Å². The number of halogens is 1. The second-order valence-corrected chi connectivity index (χ2v) is 4.21. The molecule has 0 atom stereocenters. The summed E-state index contributed by atoms with van der Waals surface area (Å²) in [7, 11) is 1.32. The lowest BCUT2D eigenvalue weighted by atomic mass is 9.97. The normalized spacial score (nSPS) is 14.6. The number of ether oxygens (including phenoxy) is 1. The minimum absolute atomic E-state index is 0.228. The molecule has 1 aliphatic heterocycles. The number of amides is 1. The Balaban J connectivity index is 2.62. The Labute approximate surface area is 104 Å². The second-order valence-electron chi connectivity index (χ2n) is 3.80. The fourth-order valence-corrected chi connectivity index (χ4v) is 2.24. The van der Waals surface area contributed by atoms with Gasteiger partial charge in [-0.2, -0.15) is 0 Å². The number of hydrogen-bond acceptors (Lipinski definition) is 3. The average Bonchev–Trinajstić information content (AvgIpc) is 2.52. The van der Waals surface area contributed by atoms with E-state index in [0.717, 1.165) is 6.42 Å². The molecule has 0 fully saturated rings. The molecule has 1 heterocycles. The standard InChI is InChI=1S/C12H12ClNO3/c1-17-12(16)8-4-5-9(13)10-7(8)3-2-6-14-11(10)15/h4-5H,2-3,6H2,1H3,(H,14,15). The largest absolute Gasteiger partial charge is 0.465 e. The molecule has 90 valence electrons. The van der Waals surface area contributed by atoms with Crippen LogP contribution in [0.1, 0.15) is 32.7 Å². The number of benzene rings is 1. The van der Waals surface area contributed by atoms with Gasteiger partial charge in [0, 0.05) is 6.54 Å². The Morgan fingerprint density at radius 2 is 2.24 bits per heavy atom. The van der Waals surface area contributed by atoms with Crippen LogP contribution in [-0.2, 0) is 11.2 Å². The van der Waals surface area contributed by atoms with Crippen molar-refractivity contribution in [3.8, 4) is 0 Å². The van der Waals surface area contributed by atoms with Crippen molar-refractivity contribution in [2.24, 2.45) is 0 Å². The first kappa shape index (κ1) is 11.9. The molecule has 2 rings (SSSR count). The molecule has 0 aromatic heterocycles. The van der Waals surface area contributed by atoms with Gasteiger partial charge < -0.3 is 10.1 Å². The highest BCUT2D eigenvalue weighted by Gasteiger charge is 2.24. The fourth-order valence-electron chi connectivity index (χ4n) is 1.98. The lowest BCUT2D eigenvalue weighted by molar-refractivity contribution is 0.0599. The molecule has 1 amide bonds. The van der Waals surface area contributed by atoms with Gasteiger partial charge >= 0.3 is 5.97 Å². The maximum Gasteiger partial charge on any atom is 0.338 e. The maximum atomic E-state index is 11.8. The van der Waals surface area contributed by atoms with Gasteiger partial charge in [-0.15, -0.1) is 0 Å². The van der Waals surface area contributed by atoms with Crippen molar-refractivity contribution in [1.29, 1.82) is 0 Å². The molecule has 5 heteroatoms. The van der Waals surface area contributed by atoms with Gasteiger partial charge in [-0.25, -0.2) is 4.79 Å². The molecule has 1 aromatic carbocycles. The summed E-state index contributed by atoms with van der Waals surface area (Å²) >= 11 is 6.02. The van der Waals surface area contributed by atoms with E-state index >= 15 is 0 Å². The third-order valence-electron chi connectivity index (χ3n) is 2.78. The van der Waals surface area contributed by atoms with Crippen molar-refractivity contribution in [3.05, 3.63) is 33.8 Å². The van der Waals surface area contributed by atoms with Gasteiger partial charge in [0.05, 0.1) is 23.3 Å². The summed E-state index contributed by atoms with van der Waals surface area (Å²) in [4.78, 5) is 23.5. The van der Waals surface area contributed by atoms with Crippen LogP contribution in [0.5, 0.6) is 0 Å². The Bertz CT molecular complexity index is 485. The number of nitrogens with one attached hydrogen (secondary N) is 1. The molecule has 1 N–H and O–H groups in total. The monoisotopic (exact) mass is 253 g/mol. The summed E-state index contributed by atoms with van der Waals surface area (Å²) < 4.78 is 4.70. The third kappa shape index (κ3) is 2.13. The van der Waals surface area contributed by atoms with Crippen molar-refractivity contribution in [2.75, 3.05) is 13.7 Å². The first-order valence-electron chi connectivity index (χ1n) is 5.33. The molecule has 0 saturated carbocycles. The van der Waals surface area contributed by atoms with Crippen LogP contribution in [0.25, 0.3) is 0 Å². The highest BCUT2D eigenvalue weighted by molar-refractivity contribution is 6.34. The molecule has 1 aliphatic rings. The zero-order valence-electron chi connectivity index (χ0n) is 9.38.